The Morgan fingerprint density at radius 2 is 1.97 bits per heavy atom. The van der Waals surface area contributed by atoms with E-state index < -0.39 is 5.97 Å². The highest BCUT2D eigenvalue weighted by Crippen LogP contribution is 2.45. The summed E-state index contributed by atoms with van der Waals surface area (Å²) in [5, 5.41) is 9.82. The Morgan fingerprint density at radius 1 is 1.16 bits per heavy atom. The monoisotopic (exact) mass is 436 g/mol. The molecule has 1 N–H and O–H groups in total. The number of aliphatic carboxylic acids is 1. The maximum absolute atomic E-state index is 13.3. The Kier molecular flexibility index (Phi) is 5.91. The molecule has 0 spiro atoms. The Hall–Kier alpha value is -3.38. The van der Waals surface area contributed by atoms with Crippen LogP contribution >= 0.6 is 11.6 Å². The average Bonchev–Trinajstić information content (AvgIpc) is 3.03. The highest BCUT2D eigenvalue weighted by Gasteiger charge is 2.40. The normalized spacial score (nSPS) is 17.3. The fourth-order valence-corrected chi connectivity index (χ4v) is 4.19. The number of carboxylic acid groups (broad SMARTS) is 1. The molecule has 1 aromatic heterocycles. The molecule has 2 heterocycles. The van der Waals surface area contributed by atoms with Crippen molar-refractivity contribution in [3.05, 3.63) is 88.7 Å². The molecule has 2 unspecified atom stereocenters. The molecule has 0 radical (unpaired) electrons. The van der Waals surface area contributed by atoms with Gasteiger partial charge in [0.05, 0.1) is 17.0 Å². The number of nitrogens with zero attached hydrogens (tertiary/aromatic N) is 2. The number of hydrogen-bond donors (Lipinski definition) is 1. The number of pyridine rings is 1. The first-order valence-corrected chi connectivity index (χ1v) is 10.3. The lowest BCUT2D eigenvalue weighted by atomic mass is 9.92. The van der Waals surface area contributed by atoms with Crippen molar-refractivity contribution in [3.63, 3.8) is 0 Å². The van der Waals surface area contributed by atoms with Gasteiger partial charge >= 0.3 is 5.97 Å². The number of aromatic nitrogens is 1. The van der Waals surface area contributed by atoms with E-state index in [1.54, 1.807) is 53.7 Å². The van der Waals surface area contributed by atoms with Gasteiger partial charge in [0.1, 0.15) is 12.4 Å². The van der Waals surface area contributed by atoms with Crippen LogP contribution in [-0.2, 0) is 11.4 Å². The standard InChI is InChI=1S/C24H21ClN2O4/c1-15-19(12-23(28)29)20-11-17(31-14-16-5-4-10-26-13-16)8-9-22(20)27(15)24(30)18-6-2-3-7-21(18)25/h2-11,13,15,19H,12,14H2,1H3,(H,28,29). The van der Waals surface area contributed by atoms with Crippen LogP contribution in [0, 0.1) is 0 Å². The van der Waals surface area contributed by atoms with Crippen LogP contribution in [0.4, 0.5) is 5.69 Å². The summed E-state index contributed by atoms with van der Waals surface area (Å²) in [6.07, 6.45) is 3.33. The highest BCUT2D eigenvalue weighted by atomic mass is 35.5. The summed E-state index contributed by atoms with van der Waals surface area (Å²) in [4.78, 5) is 30.6. The minimum absolute atomic E-state index is 0.0907. The Balaban J connectivity index is 1.67. The van der Waals surface area contributed by atoms with Crippen molar-refractivity contribution in [1.82, 2.24) is 4.98 Å². The Bertz CT molecular complexity index is 1120. The van der Waals surface area contributed by atoms with Gasteiger partial charge in [-0.3, -0.25) is 14.6 Å². The molecule has 1 aliphatic rings. The number of hydrogen-bond acceptors (Lipinski definition) is 4. The Labute approximate surface area is 185 Å². The SMILES string of the molecule is CC1C(CC(=O)O)c2cc(OCc3cccnc3)ccc2N1C(=O)c1ccccc1Cl. The molecule has 2 atom stereocenters. The smallest absolute Gasteiger partial charge is 0.304 e. The predicted octanol–water partition coefficient (Wildman–Crippen LogP) is 4.92. The van der Waals surface area contributed by atoms with E-state index in [1.807, 2.05) is 25.1 Å². The lowest BCUT2D eigenvalue weighted by Crippen LogP contribution is -2.37. The molecule has 0 fully saturated rings. The van der Waals surface area contributed by atoms with Crippen LogP contribution in [0.2, 0.25) is 5.02 Å². The van der Waals surface area contributed by atoms with Crippen LogP contribution in [0.3, 0.4) is 0 Å². The summed E-state index contributed by atoms with van der Waals surface area (Å²) in [6, 6.07) is 15.7. The fourth-order valence-electron chi connectivity index (χ4n) is 3.98. The maximum atomic E-state index is 13.3. The van der Waals surface area contributed by atoms with Gasteiger partial charge in [-0.1, -0.05) is 29.8 Å². The lowest BCUT2D eigenvalue weighted by molar-refractivity contribution is -0.137. The van der Waals surface area contributed by atoms with Gasteiger partial charge in [0.15, 0.2) is 0 Å². The van der Waals surface area contributed by atoms with Crippen molar-refractivity contribution >= 4 is 29.2 Å². The van der Waals surface area contributed by atoms with E-state index in [1.165, 1.54) is 0 Å². The molecule has 0 aliphatic carbocycles. The van der Waals surface area contributed by atoms with Gasteiger partial charge in [-0.2, -0.15) is 0 Å². The number of ether oxygens (including phenoxy) is 1. The molecule has 1 aliphatic heterocycles. The summed E-state index contributed by atoms with van der Waals surface area (Å²) in [5.74, 6) is -0.925. The first-order valence-electron chi connectivity index (χ1n) is 9.91. The summed E-state index contributed by atoms with van der Waals surface area (Å²) in [7, 11) is 0. The molecule has 7 heteroatoms. The number of anilines is 1. The van der Waals surface area contributed by atoms with Gasteiger partial charge in [-0.25, -0.2) is 0 Å². The number of carbonyl (C=O) groups excluding carboxylic acids is 1. The molecule has 3 aromatic rings. The first-order chi connectivity index (χ1) is 15.0. The summed E-state index contributed by atoms with van der Waals surface area (Å²) >= 11 is 6.25. The van der Waals surface area contributed by atoms with Gasteiger partial charge in [-0.05, 0) is 48.9 Å². The van der Waals surface area contributed by atoms with E-state index in [4.69, 9.17) is 16.3 Å². The fraction of sp³-hybridized carbons (Fsp3) is 0.208. The number of rotatable bonds is 6. The van der Waals surface area contributed by atoms with E-state index in [0.717, 1.165) is 11.1 Å². The molecule has 6 nitrogen and oxygen atoms in total. The van der Waals surface area contributed by atoms with Gasteiger partial charge in [0, 0.05) is 35.6 Å². The summed E-state index contributed by atoms with van der Waals surface area (Å²) in [5.41, 5.74) is 2.76. The number of carbonyl (C=O) groups is 2. The second kappa shape index (κ2) is 8.78. The van der Waals surface area contributed by atoms with Gasteiger partial charge in [0.25, 0.3) is 5.91 Å². The molecule has 1 amide bonds. The number of halogens is 1. The summed E-state index contributed by atoms with van der Waals surface area (Å²) in [6.45, 7) is 2.20. The molecule has 2 aromatic carbocycles. The van der Waals surface area contributed by atoms with Crippen LogP contribution in [0.25, 0.3) is 0 Å². The van der Waals surface area contributed by atoms with Crippen LogP contribution < -0.4 is 9.64 Å². The second-order valence-corrected chi connectivity index (χ2v) is 7.88. The van der Waals surface area contributed by atoms with Crippen molar-refractivity contribution in [2.24, 2.45) is 0 Å². The van der Waals surface area contributed by atoms with Crippen LogP contribution in [0.15, 0.2) is 67.0 Å². The number of fused-ring (bicyclic) bond motifs is 1. The first kappa shape index (κ1) is 20.9. The van der Waals surface area contributed by atoms with Crippen molar-refractivity contribution in [2.75, 3.05) is 4.90 Å². The van der Waals surface area contributed by atoms with Gasteiger partial charge in [-0.15, -0.1) is 0 Å². The van der Waals surface area contributed by atoms with Crippen molar-refractivity contribution in [3.8, 4) is 5.75 Å². The molecule has 0 bridgehead atoms. The maximum Gasteiger partial charge on any atom is 0.304 e. The van der Waals surface area contributed by atoms with Crippen molar-refractivity contribution in [1.29, 1.82) is 0 Å². The number of amides is 1. The van der Waals surface area contributed by atoms with E-state index in [0.29, 0.717) is 28.6 Å². The third kappa shape index (κ3) is 4.25. The molecular weight excluding hydrogens is 416 g/mol. The van der Waals surface area contributed by atoms with Crippen molar-refractivity contribution < 1.29 is 19.4 Å². The average molecular weight is 437 g/mol. The minimum Gasteiger partial charge on any atom is -0.489 e. The van der Waals surface area contributed by atoms with E-state index in [-0.39, 0.29) is 24.3 Å². The molecule has 0 saturated carbocycles. The van der Waals surface area contributed by atoms with E-state index in [9.17, 15) is 14.7 Å². The van der Waals surface area contributed by atoms with Gasteiger partial charge < -0.3 is 14.7 Å². The zero-order valence-corrected chi connectivity index (χ0v) is 17.6. The largest absolute Gasteiger partial charge is 0.489 e. The highest BCUT2D eigenvalue weighted by molar-refractivity contribution is 6.34. The van der Waals surface area contributed by atoms with E-state index in [2.05, 4.69) is 4.98 Å². The quantitative estimate of drug-likeness (QED) is 0.593. The molecular formula is C24H21ClN2O4. The van der Waals surface area contributed by atoms with Gasteiger partial charge in [0.2, 0.25) is 0 Å². The number of benzene rings is 2. The number of carboxylic acids is 1. The second-order valence-electron chi connectivity index (χ2n) is 7.47. The molecule has 0 saturated heterocycles. The van der Waals surface area contributed by atoms with Crippen molar-refractivity contribution in [2.45, 2.75) is 31.9 Å². The lowest BCUT2D eigenvalue weighted by Gasteiger charge is -2.25. The topological polar surface area (TPSA) is 79.7 Å². The van der Waals surface area contributed by atoms with Crippen LogP contribution in [0.5, 0.6) is 5.75 Å². The third-order valence-corrected chi connectivity index (χ3v) is 5.82. The molecule has 158 valence electrons. The predicted molar refractivity (Wildman–Crippen MR) is 118 cm³/mol. The van der Waals surface area contributed by atoms with Crippen LogP contribution in [0.1, 0.15) is 40.7 Å². The Morgan fingerprint density at radius 3 is 2.68 bits per heavy atom. The van der Waals surface area contributed by atoms with E-state index >= 15 is 0 Å². The zero-order valence-electron chi connectivity index (χ0n) is 16.9. The molecule has 4 rings (SSSR count). The third-order valence-electron chi connectivity index (χ3n) is 5.49. The summed E-state index contributed by atoms with van der Waals surface area (Å²) < 4.78 is 5.89. The molecule has 31 heavy (non-hydrogen) atoms. The zero-order chi connectivity index (χ0) is 22.0. The van der Waals surface area contributed by atoms with Crippen LogP contribution in [-0.4, -0.2) is 28.0 Å². The minimum atomic E-state index is -0.920.